The summed E-state index contributed by atoms with van der Waals surface area (Å²) in [5, 5.41) is 0. The molecule has 0 heterocycles. The van der Waals surface area contributed by atoms with E-state index in [1.54, 1.807) is 0 Å². The highest BCUT2D eigenvalue weighted by atomic mass is 28.1. The molecule has 0 aliphatic rings. The molecule has 0 aliphatic heterocycles. The lowest BCUT2D eigenvalue weighted by Gasteiger charge is -1.92. The molecular formula is C14H16Si. The van der Waals surface area contributed by atoms with Gasteiger partial charge in [0.15, 0.2) is 0 Å². The summed E-state index contributed by atoms with van der Waals surface area (Å²) in [6.45, 7) is 0. The highest BCUT2D eigenvalue weighted by Gasteiger charge is 1.84. The van der Waals surface area contributed by atoms with Gasteiger partial charge in [-0.05, 0) is 22.1 Å². The number of benzene rings is 2. The molecule has 0 saturated carbocycles. The van der Waals surface area contributed by atoms with Crippen LogP contribution in [0.5, 0.6) is 0 Å². The lowest BCUT2D eigenvalue weighted by atomic mass is 10.1. The lowest BCUT2D eigenvalue weighted by Crippen LogP contribution is -1.70. The van der Waals surface area contributed by atoms with Crippen molar-refractivity contribution in [1.82, 2.24) is 0 Å². The van der Waals surface area contributed by atoms with E-state index in [2.05, 4.69) is 36.4 Å². The Labute approximate surface area is 95.3 Å². The molecule has 0 saturated heterocycles. The minimum absolute atomic E-state index is 0. The van der Waals surface area contributed by atoms with E-state index < -0.39 is 0 Å². The molecule has 0 N–H and O–H groups in total. The molecule has 0 nitrogen and oxygen atoms in total. The normalized spacial score (nSPS) is 9.87. The van der Waals surface area contributed by atoms with Crippen molar-refractivity contribution < 1.29 is 0 Å². The molecule has 0 aromatic heterocycles. The molecule has 0 unspecified atom stereocenters. The second kappa shape index (κ2) is 5.99. The molecule has 0 aliphatic carbocycles. The first-order valence-corrected chi connectivity index (χ1v) is 4.73. The van der Waals surface area contributed by atoms with Crippen LogP contribution in [-0.4, -0.2) is 11.0 Å². The lowest BCUT2D eigenvalue weighted by molar-refractivity contribution is 1.65. The van der Waals surface area contributed by atoms with Gasteiger partial charge in [-0.1, -0.05) is 72.8 Å². The van der Waals surface area contributed by atoms with Gasteiger partial charge in [-0.3, -0.25) is 0 Å². The van der Waals surface area contributed by atoms with Crippen LogP contribution >= 0.6 is 0 Å². The quantitative estimate of drug-likeness (QED) is 0.530. The van der Waals surface area contributed by atoms with Gasteiger partial charge in [-0.2, -0.15) is 0 Å². The van der Waals surface area contributed by atoms with E-state index in [4.69, 9.17) is 0 Å². The molecule has 0 fully saturated rings. The molecule has 0 atom stereocenters. The van der Waals surface area contributed by atoms with Crippen molar-refractivity contribution in [3.05, 3.63) is 71.8 Å². The van der Waals surface area contributed by atoms with Crippen LogP contribution in [-0.2, 0) is 0 Å². The highest BCUT2D eigenvalue weighted by Crippen LogP contribution is 2.06. The number of hydrogen-bond acceptors (Lipinski definition) is 0. The van der Waals surface area contributed by atoms with Gasteiger partial charge in [-0.15, -0.1) is 0 Å². The van der Waals surface area contributed by atoms with Crippen molar-refractivity contribution in [2.24, 2.45) is 0 Å². The van der Waals surface area contributed by atoms with Crippen LogP contribution in [0.3, 0.4) is 0 Å². The summed E-state index contributed by atoms with van der Waals surface area (Å²) in [6, 6.07) is 20.6. The number of hydrogen-bond donors (Lipinski definition) is 0. The Morgan fingerprint density at radius 1 is 0.533 bits per heavy atom. The molecule has 15 heavy (non-hydrogen) atoms. The van der Waals surface area contributed by atoms with Gasteiger partial charge in [0.25, 0.3) is 0 Å². The molecule has 0 radical (unpaired) electrons. The van der Waals surface area contributed by atoms with E-state index in [-0.39, 0.29) is 11.0 Å². The molecular weight excluding hydrogens is 196 g/mol. The van der Waals surface area contributed by atoms with Crippen LogP contribution in [0.4, 0.5) is 0 Å². The first kappa shape index (κ1) is 11.5. The fraction of sp³-hybridized carbons (Fsp3) is 0. The summed E-state index contributed by atoms with van der Waals surface area (Å²) in [5.74, 6) is 0. The zero-order valence-corrected chi connectivity index (χ0v) is 7.93. The molecule has 76 valence electrons. The predicted octanol–water partition coefficient (Wildman–Crippen LogP) is 2.41. The Bertz CT molecular complexity index is 362. The molecule has 1 heteroatoms. The van der Waals surface area contributed by atoms with Gasteiger partial charge in [0, 0.05) is 0 Å². The van der Waals surface area contributed by atoms with E-state index in [1.165, 1.54) is 11.1 Å². The van der Waals surface area contributed by atoms with E-state index in [0.717, 1.165) is 0 Å². The van der Waals surface area contributed by atoms with Gasteiger partial charge in [0.05, 0.1) is 0 Å². The average molecular weight is 212 g/mol. The smallest absolute Gasteiger partial charge is 0.0149 e. The van der Waals surface area contributed by atoms with Crippen molar-refractivity contribution in [2.45, 2.75) is 0 Å². The summed E-state index contributed by atoms with van der Waals surface area (Å²) < 4.78 is 0. The maximum absolute atomic E-state index is 2.12. The third-order valence-electron chi connectivity index (χ3n) is 2.07. The van der Waals surface area contributed by atoms with Gasteiger partial charge in [-0.25, -0.2) is 0 Å². The van der Waals surface area contributed by atoms with Crippen molar-refractivity contribution >= 4 is 23.1 Å². The first-order valence-electron chi connectivity index (χ1n) is 4.73. The van der Waals surface area contributed by atoms with Crippen LogP contribution in [0, 0.1) is 0 Å². The number of rotatable bonds is 2. The third kappa shape index (κ3) is 3.56. The predicted molar refractivity (Wildman–Crippen MR) is 73.1 cm³/mol. The molecule has 0 spiro atoms. The van der Waals surface area contributed by atoms with Crippen LogP contribution in [0.2, 0.25) is 0 Å². The summed E-state index contributed by atoms with van der Waals surface area (Å²) in [5.41, 5.74) is 2.47. The molecule has 0 amide bonds. The van der Waals surface area contributed by atoms with E-state index in [9.17, 15) is 0 Å². The van der Waals surface area contributed by atoms with E-state index in [0.29, 0.717) is 0 Å². The summed E-state index contributed by atoms with van der Waals surface area (Å²) in [6.07, 6.45) is 4.24. The zero-order chi connectivity index (χ0) is 9.64. The molecule has 2 rings (SSSR count). The Hall–Kier alpha value is -1.60. The van der Waals surface area contributed by atoms with Gasteiger partial charge >= 0.3 is 0 Å². The molecule has 0 bridgehead atoms. The Morgan fingerprint density at radius 2 is 0.867 bits per heavy atom. The standard InChI is InChI=1S/C14H12.H4Si/c1-3-7-13(8-4-1)11-12-14-9-5-2-6-10-14;/h1-12H;1H4. The second-order valence-corrected chi connectivity index (χ2v) is 3.15. The Morgan fingerprint density at radius 3 is 1.20 bits per heavy atom. The highest BCUT2D eigenvalue weighted by molar-refractivity contribution is 5.75. The summed E-state index contributed by atoms with van der Waals surface area (Å²) in [4.78, 5) is 0. The van der Waals surface area contributed by atoms with Crippen LogP contribution in [0.15, 0.2) is 60.7 Å². The zero-order valence-electron chi connectivity index (χ0n) is 7.93. The van der Waals surface area contributed by atoms with Crippen LogP contribution < -0.4 is 0 Å². The van der Waals surface area contributed by atoms with Gasteiger partial charge in [0.1, 0.15) is 0 Å². The first-order chi connectivity index (χ1) is 6.95. The Balaban J connectivity index is 0.00000112. The SMILES string of the molecule is C(=Cc1ccccc1)c1ccccc1.[SiH4]. The van der Waals surface area contributed by atoms with Crippen LogP contribution in [0.25, 0.3) is 12.2 Å². The topological polar surface area (TPSA) is 0 Å². The average Bonchev–Trinajstić information content (AvgIpc) is 2.29. The van der Waals surface area contributed by atoms with Crippen molar-refractivity contribution in [3.63, 3.8) is 0 Å². The minimum atomic E-state index is 0. The van der Waals surface area contributed by atoms with Crippen molar-refractivity contribution in [2.75, 3.05) is 0 Å². The summed E-state index contributed by atoms with van der Waals surface area (Å²) in [7, 11) is 0. The maximum Gasteiger partial charge on any atom is -0.0149 e. The molecule has 2 aromatic rings. The summed E-state index contributed by atoms with van der Waals surface area (Å²) >= 11 is 0. The monoisotopic (exact) mass is 212 g/mol. The van der Waals surface area contributed by atoms with Crippen molar-refractivity contribution in [3.8, 4) is 0 Å². The fourth-order valence-electron chi connectivity index (χ4n) is 1.32. The van der Waals surface area contributed by atoms with Crippen LogP contribution in [0.1, 0.15) is 11.1 Å². The third-order valence-corrected chi connectivity index (χ3v) is 2.07. The Kier molecular flexibility index (Phi) is 4.58. The van der Waals surface area contributed by atoms with E-state index >= 15 is 0 Å². The molecule has 2 aromatic carbocycles. The van der Waals surface area contributed by atoms with Gasteiger partial charge < -0.3 is 0 Å². The second-order valence-electron chi connectivity index (χ2n) is 3.15. The maximum atomic E-state index is 2.12. The fourth-order valence-corrected chi connectivity index (χ4v) is 1.32. The minimum Gasteiger partial charge on any atom is -0.0622 e. The van der Waals surface area contributed by atoms with Gasteiger partial charge in [0.2, 0.25) is 0 Å². The van der Waals surface area contributed by atoms with E-state index in [1.807, 2.05) is 36.4 Å². The van der Waals surface area contributed by atoms with Crippen molar-refractivity contribution in [1.29, 1.82) is 0 Å². The largest absolute Gasteiger partial charge is 0.0622 e.